The van der Waals surface area contributed by atoms with E-state index in [1.54, 1.807) is 0 Å². The van der Waals surface area contributed by atoms with E-state index in [9.17, 15) is 22.8 Å². The van der Waals surface area contributed by atoms with Crippen LogP contribution in [-0.2, 0) is 17.5 Å². The van der Waals surface area contributed by atoms with Gasteiger partial charge in [-0.2, -0.15) is 18.4 Å². The minimum absolute atomic E-state index is 0.201. The summed E-state index contributed by atoms with van der Waals surface area (Å²) >= 11 is 0. The number of carbonyl (C=O) groups is 1. The van der Waals surface area contributed by atoms with Crippen LogP contribution in [-0.4, -0.2) is 38.4 Å². The quantitative estimate of drug-likeness (QED) is 0.729. The Morgan fingerprint density at radius 1 is 1.28 bits per heavy atom. The largest absolute Gasteiger partial charge is 0.416 e. The van der Waals surface area contributed by atoms with E-state index in [4.69, 9.17) is 5.26 Å². The van der Waals surface area contributed by atoms with Crippen LogP contribution in [0.5, 0.6) is 0 Å². The van der Waals surface area contributed by atoms with Crippen molar-refractivity contribution >= 4 is 17.1 Å². The Bertz CT molecular complexity index is 1200. The van der Waals surface area contributed by atoms with Crippen LogP contribution in [0.3, 0.4) is 0 Å². The van der Waals surface area contributed by atoms with Crippen LogP contribution < -0.4 is 5.69 Å². The molecule has 148 valence electrons. The summed E-state index contributed by atoms with van der Waals surface area (Å²) < 4.78 is 40.2. The second-order valence-corrected chi connectivity index (χ2v) is 6.81. The van der Waals surface area contributed by atoms with E-state index in [1.807, 2.05) is 0 Å². The molecule has 29 heavy (non-hydrogen) atoms. The summed E-state index contributed by atoms with van der Waals surface area (Å²) in [6, 6.07) is 8.38. The second kappa shape index (κ2) is 6.77. The first kappa shape index (κ1) is 18.7. The third-order valence-corrected chi connectivity index (χ3v) is 4.86. The monoisotopic (exact) mass is 401 g/mol. The van der Waals surface area contributed by atoms with Gasteiger partial charge in [-0.1, -0.05) is 12.1 Å². The number of fused-ring (bicyclic) bond motifs is 1. The van der Waals surface area contributed by atoms with Gasteiger partial charge < -0.3 is 4.90 Å². The molecule has 0 bridgehead atoms. The highest BCUT2D eigenvalue weighted by atomic mass is 19.4. The number of likely N-dealkylation sites (tertiary alicyclic amines) is 1. The summed E-state index contributed by atoms with van der Waals surface area (Å²) in [7, 11) is 0. The standard InChI is InChI=1S/C19H14F3N5O2/c20-19(21,22)14-3-1-2-12(4-14)13-5-15-17(24-7-13)25-18(29)27(15)10-16(28)26-8-11(6-23)9-26/h1-5,7,11H,8-10H2,(H,24,25,29). The third-order valence-electron chi connectivity index (χ3n) is 4.86. The molecule has 3 aromatic rings. The van der Waals surface area contributed by atoms with Gasteiger partial charge >= 0.3 is 11.9 Å². The number of pyridine rings is 1. The Morgan fingerprint density at radius 2 is 2.03 bits per heavy atom. The molecule has 0 aliphatic carbocycles. The first-order valence-electron chi connectivity index (χ1n) is 8.70. The molecule has 10 heteroatoms. The van der Waals surface area contributed by atoms with Gasteiger partial charge in [0.25, 0.3) is 0 Å². The number of aromatic amines is 1. The SMILES string of the molecule is N#CC1CN(C(=O)Cn2c(=O)[nH]c3ncc(-c4cccc(C(F)(F)F)c4)cc32)C1. The summed E-state index contributed by atoms with van der Waals surface area (Å²) in [5.74, 6) is -0.517. The molecule has 1 aliphatic heterocycles. The molecule has 0 atom stereocenters. The predicted molar refractivity (Wildman–Crippen MR) is 96.5 cm³/mol. The zero-order valence-electron chi connectivity index (χ0n) is 14.9. The number of nitriles is 1. The number of carbonyl (C=O) groups excluding carboxylic acids is 1. The Morgan fingerprint density at radius 3 is 2.72 bits per heavy atom. The van der Waals surface area contributed by atoms with Gasteiger partial charge in [0.15, 0.2) is 5.65 Å². The Kier molecular flexibility index (Phi) is 4.38. The number of hydrogen-bond acceptors (Lipinski definition) is 4. The number of hydrogen-bond donors (Lipinski definition) is 1. The summed E-state index contributed by atoms with van der Waals surface area (Å²) in [5, 5.41) is 8.81. The van der Waals surface area contributed by atoms with Gasteiger partial charge in [-0.05, 0) is 23.8 Å². The van der Waals surface area contributed by atoms with Crippen molar-refractivity contribution in [1.82, 2.24) is 19.4 Å². The van der Waals surface area contributed by atoms with Crippen LogP contribution in [0.15, 0.2) is 41.3 Å². The Balaban J connectivity index is 1.68. The summed E-state index contributed by atoms with van der Waals surface area (Å²) in [5.41, 5.74) is -0.105. The van der Waals surface area contributed by atoms with E-state index in [0.29, 0.717) is 29.7 Å². The van der Waals surface area contributed by atoms with Crippen LogP contribution in [0.4, 0.5) is 13.2 Å². The zero-order chi connectivity index (χ0) is 20.8. The maximum absolute atomic E-state index is 13.0. The van der Waals surface area contributed by atoms with E-state index in [-0.39, 0.29) is 24.0 Å². The van der Waals surface area contributed by atoms with Gasteiger partial charge in [-0.3, -0.25) is 14.3 Å². The number of rotatable bonds is 3. The van der Waals surface area contributed by atoms with Gasteiger partial charge in [-0.25, -0.2) is 9.78 Å². The molecule has 1 fully saturated rings. The molecule has 4 rings (SSSR count). The van der Waals surface area contributed by atoms with E-state index in [2.05, 4.69) is 16.0 Å². The van der Waals surface area contributed by atoms with Crippen molar-refractivity contribution in [2.24, 2.45) is 5.92 Å². The number of benzene rings is 1. The molecule has 1 aliphatic rings. The van der Waals surface area contributed by atoms with Crippen molar-refractivity contribution in [3.63, 3.8) is 0 Å². The average Bonchev–Trinajstić information content (AvgIpc) is 2.95. The van der Waals surface area contributed by atoms with Crippen LogP contribution >= 0.6 is 0 Å². The molecule has 0 spiro atoms. The number of nitrogens with one attached hydrogen (secondary N) is 1. The number of H-pyrrole nitrogens is 1. The molecule has 3 heterocycles. The van der Waals surface area contributed by atoms with Crippen molar-refractivity contribution in [2.75, 3.05) is 13.1 Å². The number of nitrogens with zero attached hydrogens (tertiary/aromatic N) is 4. The molecule has 0 radical (unpaired) electrons. The fourth-order valence-corrected chi connectivity index (χ4v) is 3.22. The lowest BCUT2D eigenvalue weighted by Gasteiger charge is -2.35. The van der Waals surface area contributed by atoms with E-state index >= 15 is 0 Å². The minimum atomic E-state index is -4.48. The highest BCUT2D eigenvalue weighted by Gasteiger charge is 2.31. The average molecular weight is 401 g/mol. The molecule has 2 aromatic heterocycles. The maximum atomic E-state index is 13.0. The molecule has 0 saturated carbocycles. The van der Waals surface area contributed by atoms with Crippen molar-refractivity contribution in [2.45, 2.75) is 12.7 Å². The highest BCUT2D eigenvalue weighted by molar-refractivity contribution is 5.82. The number of imidazole rings is 1. The first-order valence-corrected chi connectivity index (χ1v) is 8.70. The molecule has 1 aromatic carbocycles. The van der Waals surface area contributed by atoms with Crippen LogP contribution in [0.1, 0.15) is 5.56 Å². The fourth-order valence-electron chi connectivity index (χ4n) is 3.22. The molecular formula is C19H14F3N5O2. The molecule has 1 N–H and O–H groups in total. The summed E-state index contributed by atoms with van der Waals surface area (Å²) in [6.07, 6.45) is -3.11. The zero-order valence-corrected chi connectivity index (χ0v) is 14.9. The number of aromatic nitrogens is 3. The van der Waals surface area contributed by atoms with Crippen molar-refractivity contribution < 1.29 is 18.0 Å². The Hall–Kier alpha value is -3.61. The summed E-state index contributed by atoms with van der Waals surface area (Å²) in [6.45, 7) is 0.394. The number of alkyl halides is 3. The van der Waals surface area contributed by atoms with Gasteiger partial charge in [0.2, 0.25) is 5.91 Å². The van der Waals surface area contributed by atoms with E-state index in [0.717, 1.165) is 12.1 Å². The lowest BCUT2D eigenvalue weighted by molar-refractivity contribution is -0.138. The van der Waals surface area contributed by atoms with Crippen molar-refractivity contribution in [3.8, 4) is 17.2 Å². The molecule has 1 amide bonds. The van der Waals surface area contributed by atoms with E-state index < -0.39 is 17.4 Å². The van der Waals surface area contributed by atoms with Crippen molar-refractivity contribution in [3.05, 3.63) is 52.6 Å². The minimum Gasteiger partial charge on any atom is -0.338 e. The van der Waals surface area contributed by atoms with Gasteiger partial charge in [0, 0.05) is 24.8 Å². The number of amides is 1. The molecule has 0 unspecified atom stereocenters. The van der Waals surface area contributed by atoms with Gasteiger partial charge in [0.05, 0.1) is 23.1 Å². The maximum Gasteiger partial charge on any atom is 0.416 e. The predicted octanol–water partition coefficient (Wildman–Crippen LogP) is 2.39. The van der Waals surface area contributed by atoms with Crippen LogP contribution in [0.25, 0.3) is 22.3 Å². The normalized spacial score (nSPS) is 14.6. The van der Waals surface area contributed by atoms with Crippen LogP contribution in [0.2, 0.25) is 0 Å². The molecule has 1 saturated heterocycles. The third kappa shape index (κ3) is 3.47. The topological polar surface area (TPSA) is 94.8 Å². The van der Waals surface area contributed by atoms with Gasteiger partial charge in [0.1, 0.15) is 6.54 Å². The van der Waals surface area contributed by atoms with Gasteiger partial charge in [-0.15, -0.1) is 0 Å². The highest BCUT2D eigenvalue weighted by Crippen LogP contribution is 2.32. The first-order chi connectivity index (χ1) is 13.8. The summed E-state index contributed by atoms with van der Waals surface area (Å²) in [4.78, 5) is 32.7. The smallest absolute Gasteiger partial charge is 0.338 e. The van der Waals surface area contributed by atoms with Crippen LogP contribution in [0, 0.1) is 17.2 Å². The van der Waals surface area contributed by atoms with Crippen molar-refractivity contribution in [1.29, 1.82) is 5.26 Å². The lowest BCUT2D eigenvalue weighted by Crippen LogP contribution is -2.50. The lowest BCUT2D eigenvalue weighted by atomic mass is 10.0. The molecule has 7 nitrogen and oxygen atoms in total. The number of halogens is 3. The Labute approximate surface area is 162 Å². The molecular weight excluding hydrogens is 387 g/mol. The fraction of sp³-hybridized carbons (Fsp3) is 0.263. The second-order valence-electron chi connectivity index (χ2n) is 6.81. The van der Waals surface area contributed by atoms with E-state index in [1.165, 1.54) is 33.9 Å².